The second-order valence-corrected chi connectivity index (χ2v) is 7.02. The van der Waals surface area contributed by atoms with Gasteiger partial charge in [0.15, 0.2) is 0 Å². The molecule has 1 saturated heterocycles. The quantitative estimate of drug-likeness (QED) is 0.779. The second-order valence-electron chi connectivity index (χ2n) is 5.25. The first-order valence-electron chi connectivity index (χ1n) is 7.12. The van der Waals surface area contributed by atoms with Crippen LogP contribution in [0.2, 0.25) is 0 Å². The summed E-state index contributed by atoms with van der Waals surface area (Å²) in [5.41, 5.74) is 0. The van der Waals surface area contributed by atoms with Crippen molar-refractivity contribution in [3.63, 3.8) is 0 Å². The summed E-state index contributed by atoms with van der Waals surface area (Å²) < 4.78 is 39.1. The first kappa shape index (κ1) is 19.8. The van der Waals surface area contributed by atoms with Gasteiger partial charge in [-0.25, -0.2) is 17.5 Å². The van der Waals surface area contributed by atoms with Crippen molar-refractivity contribution in [3.8, 4) is 0 Å². The minimum atomic E-state index is -3.72. The number of hydrogen-bond donors (Lipinski definition) is 2. The summed E-state index contributed by atoms with van der Waals surface area (Å²) in [6.45, 7) is 1.67. The van der Waals surface area contributed by atoms with Gasteiger partial charge in [0.25, 0.3) is 0 Å². The predicted octanol–water partition coefficient (Wildman–Crippen LogP) is 0.736. The van der Waals surface area contributed by atoms with Gasteiger partial charge in [0, 0.05) is 32.6 Å². The monoisotopic (exact) mass is 365 g/mol. The summed E-state index contributed by atoms with van der Waals surface area (Å²) in [5.74, 6) is -0.601. The molecule has 0 spiro atoms. The number of carbonyl (C=O) groups excluding carboxylic acids is 1. The number of rotatable bonds is 6. The summed E-state index contributed by atoms with van der Waals surface area (Å²) in [7, 11) is -1.99. The van der Waals surface area contributed by atoms with E-state index in [-0.39, 0.29) is 42.2 Å². The zero-order valence-electron chi connectivity index (χ0n) is 12.8. The molecule has 9 heteroatoms. The molecule has 1 heterocycles. The number of sulfonamides is 1. The maximum atomic E-state index is 12.8. The van der Waals surface area contributed by atoms with Crippen LogP contribution in [0.15, 0.2) is 29.2 Å². The van der Waals surface area contributed by atoms with Gasteiger partial charge in [-0.1, -0.05) is 0 Å². The largest absolute Gasteiger partial charge is 0.341 e. The van der Waals surface area contributed by atoms with E-state index in [0.29, 0.717) is 0 Å². The molecule has 1 unspecified atom stereocenters. The zero-order chi connectivity index (χ0) is 16.2. The van der Waals surface area contributed by atoms with E-state index in [1.807, 2.05) is 0 Å². The highest BCUT2D eigenvalue weighted by Gasteiger charge is 2.23. The van der Waals surface area contributed by atoms with Gasteiger partial charge >= 0.3 is 0 Å². The number of nitrogens with one attached hydrogen (secondary N) is 2. The lowest BCUT2D eigenvalue weighted by Crippen LogP contribution is -2.40. The fraction of sp³-hybridized carbons (Fsp3) is 0.500. The topological polar surface area (TPSA) is 78.5 Å². The highest BCUT2D eigenvalue weighted by molar-refractivity contribution is 7.89. The molecule has 6 nitrogen and oxygen atoms in total. The minimum Gasteiger partial charge on any atom is -0.341 e. The molecule has 23 heavy (non-hydrogen) atoms. The Balaban J connectivity index is 0.00000264. The van der Waals surface area contributed by atoms with E-state index in [1.54, 1.807) is 11.9 Å². The van der Waals surface area contributed by atoms with E-state index in [1.165, 1.54) is 12.1 Å². The predicted molar refractivity (Wildman–Crippen MR) is 87.5 cm³/mol. The summed E-state index contributed by atoms with van der Waals surface area (Å²) >= 11 is 0. The third kappa shape index (κ3) is 5.42. The van der Waals surface area contributed by atoms with Gasteiger partial charge in [0.2, 0.25) is 15.9 Å². The Bertz CT molecular complexity index is 619. The first-order chi connectivity index (χ1) is 10.4. The van der Waals surface area contributed by atoms with Crippen molar-refractivity contribution in [2.24, 2.45) is 0 Å². The number of carbonyl (C=O) groups is 1. The summed E-state index contributed by atoms with van der Waals surface area (Å²) in [5, 5.41) is 3.18. The summed E-state index contributed by atoms with van der Waals surface area (Å²) in [6, 6.07) is 4.72. The van der Waals surface area contributed by atoms with E-state index in [9.17, 15) is 17.6 Å². The van der Waals surface area contributed by atoms with Crippen LogP contribution in [0.25, 0.3) is 0 Å². The molecule has 0 aromatic heterocycles. The molecule has 1 atom stereocenters. The third-order valence-electron chi connectivity index (χ3n) is 3.73. The van der Waals surface area contributed by atoms with Crippen LogP contribution in [0.5, 0.6) is 0 Å². The van der Waals surface area contributed by atoms with Crippen molar-refractivity contribution in [1.29, 1.82) is 0 Å². The van der Waals surface area contributed by atoms with Crippen LogP contribution in [0, 0.1) is 5.82 Å². The highest BCUT2D eigenvalue weighted by Crippen LogP contribution is 2.10. The molecule has 1 aliphatic rings. The molecule has 1 aliphatic heterocycles. The maximum absolute atomic E-state index is 12.8. The number of amides is 1. The molecular formula is C14H21ClFN3O3S. The number of nitrogens with zero attached hydrogens (tertiary/aromatic N) is 1. The summed E-state index contributed by atoms with van der Waals surface area (Å²) in [4.78, 5) is 13.7. The van der Waals surface area contributed by atoms with E-state index in [0.717, 1.165) is 31.6 Å². The van der Waals surface area contributed by atoms with Crippen molar-refractivity contribution in [2.75, 3.05) is 26.7 Å². The number of likely N-dealkylation sites (N-methyl/N-ethyl adjacent to an activating group) is 1. The summed E-state index contributed by atoms with van der Waals surface area (Å²) in [6.07, 6.45) is 0.997. The molecular weight excluding hydrogens is 345 g/mol. The molecule has 0 bridgehead atoms. The smallest absolute Gasteiger partial charge is 0.240 e. The Morgan fingerprint density at radius 3 is 2.61 bits per heavy atom. The van der Waals surface area contributed by atoms with Gasteiger partial charge in [0.05, 0.1) is 4.90 Å². The lowest BCUT2D eigenvalue weighted by atomic mass is 10.2. The normalized spacial score (nSPS) is 17.6. The second kappa shape index (κ2) is 8.58. The molecule has 1 amide bonds. The fourth-order valence-corrected chi connectivity index (χ4v) is 3.37. The third-order valence-corrected chi connectivity index (χ3v) is 5.21. The number of hydrogen-bond acceptors (Lipinski definition) is 4. The van der Waals surface area contributed by atoms with Gasteiger partial charge in [0.1, 0.15) is 5.82 Å². The van der Waals surface area contributed by atoms with E-state index in [4.69, 9.17) is 0 Å². The fourth-order valence-electron chi connectivity index (χ4n) is 2.34. The van der Waals surface area contributed by atoms with Gasteiger partial charge < -0.3 is 10.2 Å². The molecule has 0 radical (unpaired) electrons. The van der Waals surface area contributed by atoms with Crippen molar-refractivity contribution in [1.82, 2.24) is 14.9 Å². The van der Waals surface area contributed by atoms with Crippen molar-refractivity contribution in [2.45, 2.75) is 23.8 Å². The Morgan fingerprint density at radius 1 is 1.39 bits per heavy atom. The molecule has 1 aromatic carbocycles. The minimum absolute atomic E-state index is 0. The number of benzene rings is 1. The first-order valence-corrected chi connectivity index (χ1v) is 8.60. The van der Waals surface area contributed by atoms with E-state index >= 15 is 0 Å². The van der Waals surface area contributed by atoms with E-state index < -0.39 is 15.8 Å². The number of halogens is 2. The molecule has 130 valence electrons. The van der Waals surface area contributed by atoms with Crippen LogP contribution >= 0.6 is 12.4 Å². The van der Waals surface area contributed by atoms with Gasteiger partial charge in [-0.2, -0.15) is 0 Å². The Hall–Kier alpha value is -1.22. The molecule has 0 aliphatic carbocycles. The Kier molecular flexibility index (Phi) is 7.40. The van der Waals surface area contributed by atoms with Crippen LogP contribution < -0.4 is 10.0 Å². The highest BCUT2D eigenvalue weighted by atomic mass is 35.5. The lowest BCUT2D eigenvalue weighted by Gasteiger charge is -2.23. The molecule has 0 saturated carbocycles. The molecule has 2 N–H and O–H groups in total. The SMILES string of the molecule is CN(C(=O)CCNS(=O)(=O)c1ccc(F)cc1)C1CCNC1.Cl. The van der Waals surface area contributed by atoms with Gasteiger partial charge in [-0.3, -0.25) is 4.79 Å². The molecule has 2 rings (SSSR count). The Labute approximate surface area is 141 Å². The standard InChI is InChI=1S/C14H20FN3O3S.ClH/c1-18(12-6-8-16-10-12)14(19)7-9-17-22(20,21)13-4-2-11(15)3-5-13;/h2-5,12,16-17H,6-10H2,1H3;1H. The lowest BCUT2D eigenvalue weighted by molar-refractivity contribution is -0.131. The average molecular weight is 366 g/mol. The van der Waals surface area contributed by atoms with Crippen LogP contribution in [0.1, 0.15) is 12.8 Å². The van der Waals surface area contributed by atoms with Crippen LogP contribution in [0.4, 0.5) is 4.39 Å². The van der Waals surface area contributed by atoms with Crippen LogP contribution in [-0.4, -0.2) is 51.9 Å². The molecule has 1 fully saturated rings. The van der Waals surface area contributed by atoms with Crippen molar-refractivity contribution in [3.05, 3.63) is 30.1 Å². The van der Waals surface area contributed by atoms with E-state index in [2.05, 4.69) is 10.0 Å². The zero-order valence-corrected chi connectivity index (χ0v) is 14.4. The Morgan fingerprint density at radius 2 is 2.04 bits per heavy atom. The average Bonchev–Trinajstić information content (AvgIpc) is 3.00. The van der Waals surface area contributed by atoms with Gasteiger partial charge in [-0.15, -0.1) is 12.4 Å². The van der Waals surface area contributed by atoms with Crippen molar-refractivity contribution >= 4 is 28.3 Å². The van der Waals surface area contributed by atoms with Crippen LogP contribution in [-0.2, 0) is 14.8 Å². The molecule has 1 aromatic rings. The van der Waals surface area contributed by atoms with Crippen LogP contribution in [0.3, 0.4) is 0 Å². The van der Waals surface area contributed by atoms with Gasteiger partial charge in [-0.05, 0) is 37.2 Å². The maximum Gasteiger partial charge on any atom is 0.240 e. The van der Waals surface area contributed by atoms with Crippen molar-refractivity contribution < 1.29 is 17.6 Å².